The fraction of sp³-hybridized carbons (Fsp3) is 0.278. The molecule has 0 aliphatic heterocycles. The Balaban J connectivity index is 1.69. The van der Waals surface area contributed by atoms with Crippen molar-refractivity contribution in [3.8, 4) is 22.8 Å². The van der Waals surface area contributed by atoms with Gasteiger partial charge in [-0.05, 0) is 49.1 Å². The Morgan fingerprint density at radius 1 is 1.09 bits per heavy atom. The Hall–Kier alpha value is -2.69. The van der Waals surface area contributed by atoms with Gasteiger partial charge in [0.15, 0.2) is 11.5 Å². The van der Waals surface area contributed by atoms with E-state index in [-0.39, 0.29) is 0 Å². The molecular weight excluding hydrogens is 290 g/mol. The Labute approximate surface area is 134 Å². The smallest absolute Gasteiger partial charge is 0.161 e. The quantitative estimate of drug-likeness (QED) is 0.722. The van der Waals surface area contributed by atoms with Gasteiger partial charge in [0.1, 0.15) is 11.8 Å². The molecule has 5 heteroatoms. The van der Waals surface area contributed by atoms with E-state index in [1.165, 1.54) is 19.2 Å². The molecule has 1 saturated carbocycles. The van der Waals surface area contributed by atoms with Gasteiger partial charge in [0.25, 0.3) is 0 Å². The lowest BCUT2D eigenvalue weighted by Gasteiger charge is -2.12. The normalized spacial score (nSPS) is 14.0. The van der Waals surface area contributed by atoms with Gasteiger partial charge in [0.05, 0.1) is 31.1 Å². The van der Waals surface area contributed by atoms with Crippen LogP contribution in [0.25, 0.3) is 22.3 Å². The molecule has 0 amide bonds. The Morgan fingerprint density at radius 2 is 2.00 bits per heavy atom. The maximum Gasteiger partial charge on any atom is 0.161 e. The third-order valence-electron chi connectivity index (χ3n) is 3.99. The number of fused-ring (bicyclic) bond motifs is 1. The van der Waals surface area contributed by atoms with Gasteiger partial charge in [-0.2, -0.15) is 0 Å². The van der Waals surface area contributed by atoms with Crippen molar-refractivity contribution in [2.45, 2.75) is 12.8 Å². The first-order valence-electron chi connectivity index (χ1n) is 7.71. The largest absolute Gasteiger partial charge is 0.493 e. The van der Waals surface area contributed by atoms with Crippen LogP contribution in [-0.4, -0.2) is 28.7 Å². The molecule has 0 bridgehead atoms. The molecule has 1 aliphatic rings. The molecule has 0 unspecified atom stereocenters. The van der Waals surface area contributed by atoms with Gasteiger partial charge in [-0.1, -0.05) is 0 Å². The number of ether oxygens (including phenoxy) is 2. The number of benzene rings is 1. The van der Waals surface area contributed by atoms with Crippen LogP contribution >= 0.6 is 0 Å². The van der Waals surface area contributed by atoms with E-state index in [0.29, 0.717) is 5.92 Å². The van der Waals surface area contributed by atoms with Gasteiger partial charge in [-0.25, -0.2) is 15.0 Å². The molecule has 0 radical (unpaired) electrons. The second-order valence-corrected chi connectivity index (χ2v) is 5.74. The number of nitrogens with zero attached hydrogens (tertiary/aromatic N) is 3. The minimum Gasteiger partial charge on any atom is -0.493 e. The van der Waals surface area contributed by atoms with Crippen molar-refractivity contribution >= 4 is 11.0 Å². The molecule has 1 aromatic carbocycles. The van der Waals surface area contributed by atoms with Gasteiger partial charge in [0, 0.05) is 5.56 Å². The summed E-state index contributed by atoms with van der Waals surface area (Å²) in [5.74, 6) is 2.21. The minimum atomic E-state index is 0.694. The summed E-state index contributed by atoms with van der Waals surface area (Å²) in [5.41, 5.74) is 3.47. The Morgan fingerprint density at radius 3 is 2.83 bits per heavy atom. The van der Waals surface area contributed by atoms with Crippen LogP contribution in [0.5, 0.6) is 11.5 Å². The zero-order chi connectivity index (χ0) is 15.6. The number of hydrogen-bond donors (Lipinski definition) is 0. The summed E-state index contributed by atoms with van der Waals surface area (Å²) in [6.07, 6.45) is 5.77. The number of methoxy groups -OCH3 is 1. The van der Waals surface area contributed by atoms with Crippen molar-refractivity contribution in [2.75, 3.05) is 13.7 Å². The average Bonchev–Trinajstić information content (AvgIpc) is 3.43. The molecule has 0 saturated heterocycles. The summed E-state index contributed by atoms with van der Waals surface area (Å²) in [7, 11) is 1.66. The average molecular weight is 307 g/mol. The second kappa shape index (κ2) is 5.83. The van der Waals surface area contributed by atoms with Gasteiger partial charge in [-0.15, -0.1) is 0 Å². The van der Waals surface area contributed by atoms with Crippen LogP contribution in [0.2, 0.25) is 0 Å². The van der Waals surface area contributed by atoms with Gasteiger partial charge in [0.2, 0.25) is 0 Å². The summed E-state index contributed by atoms with van der Waals surface area (Å²) in [5, 5.41) is 0. The van der Waals surface area contributed by atoms with Crippen molar-refractivity contribution in [1.29, 1.82) is 0 Å². The van der Waals surface area contributed by atoms with E-state index in [9.17, 15) is 0 Å². The van der Waals surface area contributed by atoms with Crippen LogP contribution in [0.3, 0.4) is 0 Å². The van der Waals surface area contributed by atoms with Crippen LogP contribution in [-0.2, 0) is 0 Å². The van der Waals surface area contributed by atoms with E-state index in [1.54, 1.807) is 13.3 Å². The summed E-state index contributed by atoms with van der Waals surface area (Å²) >= 11 is 0. The molecule has 3 aromatic rings. The standard InChI is InChI=1S/C18H17N3O2/c1-22-17-7-4-13(8-18(17)23-10-12-2-3-12)14-5-6-15-16(21-14)9-19-11-20-15/h4-9,11-12H,2-3,10H2,1H3. The number of hydrogen-bond acceptors (Lipinski definition) is 5. The van der Waals surface area contributed by atoms with E-state index < -0.39 is 0 Å². The summed E-state index contributed by atoms with van der Waals surface area (Å²) in [6, 6.07) is 9.81. The zero-order valence-corrected chi connectivity index (χ0v) is 12.9. The topological polar surface area (TPSA) is 57.1 Å². The van der Waals surface area contributed by atoms with Crippen LogP contribution in [0.1, 0.15) is 12.8 Å². The van der Waals surface area contributed by atoms with Crippen LogP contribution in [0, 0.1) is 5.92 Å². The predicted molar refractivity (Wildman–Crippen MR) is 87.5 cm³/mol. The van der Waals surface area contributed by atoms with Gasteiger partial charge >= 0.3 is 0 Å². The highest BCUT2D eigenvalue weighted by atomic mass is 16.5. The third-order valence-corrected chi connectivity index (χ3v) is 3.99. The van der Waals surface area contributed by atoms with Gasteiger partial charge in [-0.3, -0.25) is 0 Å². The minimum absolute atomic E-state index is 0.694. The molecule has 23 heavy (non-hydrogen) atoms. The molecular formula is C18H17N3O2. The first-order chi connectivity index (χ1) is 11.3. The molecule has 2 aromatic heterocycles. The van der Waals surface area contributed by atoms with E-state index in [2.05, 4.69) is 15.0 Å². The predicted octanol–water partition coefficient (Wildman–Crippen LogP) is 3.49. The molecule has 116 valence electrons. The van der Waals surface area contributed by atoms with Gasteiger partial charge < -0.3 is 9.47 Å². The van der Waals surface area contributed by atoms with E-state index in [1.807, 2.05) is 30.3 Å². The molecule has 4 rings (SSSR count). The maximum atomic E-state index is 5.92. The number of aromatic nitrogens is 3. The van der Waals surface area contributed by atoms with E-state index >= 15 is 0 Å². The van der Waals surface area contributed by atoms with Crippen LogP contribution < -0.4 is 9.47 Å². The lowest BCUT2D eigenvalue weighted by molar-refractivity contribution is 0.280. The molecule has 5 nitrogen and oxygen atoms in total. The molecule has 0 N–H and O–H groups in total. The lowest BCUT2D eigenvalue weighted by Crippen LogP contribution is -2.01. The van der Waals surface area contributed by atoms with Crippen molar-refractivity contribution in [3.05, 3.63) is 42.9 Å². The summed E-state index contributed by atoms with van der Waals surface area (Å²) in [4.78, 5) is 12.9. The van der Waals surface area contributed by atoms with Crippen LogP contribution in [0.15, 0.2) is 42.9 Å². The van der Waals surface area contributed by atoms with E-state index in [0.717, 1.165) is 40.4 Å². The highest BCUT2D eigenvalue weighted by Crippen LogP contribution is 2.35. The van der Waals surface area contributed by atoms with Crippen molar-refractivity contribution < 1.29 is 9.47 Å². The fourth-order valence-corrected chi connectivity index (χ4v) is 2.47. The highest BCUT2D eigenvalue weighted by Gasteiger charge is 2.22. The fourth-order valence-electron chi connectivity index (χ4n) is 2.47. The molecule has 0 spiro atoms. The number of rotatable bonds is 5. The molecule has 0 atom stereocenters. The number of pyridine rings is 1. The summed E-state index contributed by atoms with van der Waals surface area (Å²) < 4.78 is 11.3. The van der Waals surface area contributed by atoms with E-state index in [4.69, 9.17) is 9.47 Å². The van der Waals surface area contributed by atoms with Crippen LogP contribution in [0.4, 0.5) is 0 Å². The maximum absolute atomic E-state index is 5.92. The SMILES string of the molecule is COc1ccc(-c2ccc3ncncc3n2)cc1OCC1CC1. The van der Waals surface area contributed by atoms with Crippen molar-refractivity contribution in [3.63, 3.8) is 0 Å². The summed E-state index contributed by atoms with van der Waals surface area (Å²) in [6.45, 7) is 0.749. The Kier molecular flexibility index (Phi) is 3.54. The first kappa shape index (κ1) is 13.9. The monoisotopic (exact) mass is 307 g/mol. The third kappa shape index (κ3) is 2.95. The second-order valence-electron chi connectivity index (χ2n) is 5.74. The first-order valence-corrected chi connectivity index (χ1v) is 7.71. The van der Waals surface area contributed by atoms with Crippen molar-refractivity contribution in [2.24, 2.45) is 5.92 Å². The molecule has 1 fully saturated rings. The molecule has 2 heterocycles. The zero-order valence-electron chi connectivity index (χ0n) is 12.9. The highest BCUT2D eigenvalue weighted by molar-refractivity contribution is 5.77. The lowest BCUT2D eigenvalue weighted by atomic mass is 10.1. The Bertz CT molecular complexity index is 847. The van der Waals surface area contributed by atoms with Crippen molar-refractivity contribution in [1.82, 2.24) is 15.0 Å². The molecule has 1 aliphatic carbocycles.